The van der Waals surface area contributed by atoms with Gasteiger partial charge in [0, 0.05) is 12.3 Å². The Bertz CT molecular complexity index is 346. The van der Waals surface area contributed by atoms with Gasteiger partial charge in [0.05, 0.1) is 0 Å². The number of ketones is 1. The summed E-state index contributed by atoms with van der Waals surface area (Å²) < 4.78 is 0. The molecule has 0 aliphatic heterocycles. The minimum atomic E-state index is -1.32. The van der Waals surface area contributed by atoms with E-state index >= 15 is 0 Å². The molecule has 1 saturated carbocycles. The second-order valence-electron chi connectivity index (χ2n) is 6.28. The number of aliphatic carboxylic acids is 1. The zero-order valence-electron chi connectivity index (χ0n) is 13.6. The lowest BCUT2D eigenvalue weighted by Gasteiger charge is -2.18. The van der Waals surface area contributed by atoms with Gasteiger partial charge in [0.25, 0.3) is 0 Å². The summed E-state index contributed by atoms with van der Waals surface area (Å²) in [4.78, 5) is 22.5. The maximum absolute atomic E-state index is 12.0. The summed E-state index contributed by atoms with van der Waals surface area (Å²) in [6.45, 7) is 2.21. The number of aliphatic hydroxyl groups excluding tert-OH is 1. The van der Waals surface area contributed by atoms with Crippen LogP contribution in [0, 0.1) is 11.8 Å². The molecule has 128 valence electrons. The van der Waals surface area contributed by atoms with Crippen molar-refractivity contribution in [2.45, 2.75) is 76.6 Å². The van der Waals surface area contributed by atoms with Crippen molar-refractivity contribution in [3.05, 3.63) is 0 Å². The van der Waals surface area contributed by atoms with E-state index in [1.165, 1.54) is 32.1 Å². The molecule has 4 nitrogen and oxygen atoms in total. The summed E-state index contributed by atoms with van der Waals surface area (Å²) in [7, 11) is 0. The molecule has 0 aromatic carbocycles. The number of carboxylic acids is 1. The first-order valence-corrected chi connectivity index (χ1v) is 9.66. The molecule has 0 amide bonds. The molecule has 1 unspecified atom stereocenters. The normalized spacial score (nSPS) is 22.9. The molecule has 0 bridgehead atoms. The molecule has 1 aliphatic carbocycles. The maximum Gasteiger partial charge on any atom is 0.343 e. The second-order valence-corrected chi connectivity index (χ2v) is 7.47. The molecule has 0 aromatic heterocycles. The topological polar surface area (TPSA) is 74.6 Å². The predicted octanol–water partition coefficient (Wildman–Crippen LogP) is 3.86. The van der Waals surface area contributed by atoms with Gasteiger partial charge < -0.3 is 10.2 Å². The lowest BCUT2D eigenvalue weighted by molar-refractivity contribution is -0.141. The Balaban J connectivity index is 2.18. The van der Waals surface area contributed by atoms with Crippen LogP contribution in [0.25, 0.3) is 0 Å². The molecule has 0 heterocycles. The first kappa shape index (κ1) is 19.5. The summed E-state index contributed by atoms with van der Waals surface area (Å²) >= 11 is 1.06. The minimum Gasteiger partial charge on any atom is -0.479 e. The van der Waals surface area contributed by atoms with E-state index in [1.807, 2.05) is 0 Å². The van der Waals surface area contributed by atoms with Crippen LogP contribution in [0.5, 0.6) is 0 Å². The number of carbonyl (C=O) groups is 2. The maximum atomic E-state index is 12.0. The first-order chi connectivity index (χ1) is 10.6. The number of aliphatic hydroxyl groups is 1. The van der Waals surface area contributed by atoms with Gasteiger partial charge in [0.15, 0.2) is 5.44 Å². The highest BCUT2D eigenvalue weighted by Gasteiger charge is 2.33. The van der Waals surface area contributed by atoms with Crippen molar-refractivity contribution in [1.29, 1.82) is 0 Å². The number of hydrogen-bond acceptors (Lipinski definition) is 4. The number of unbranched alkanes of at least 4 members (excludes halogenated alkanes) is 4. The monoisotopic (exact) mass is 330 g/mol. The van der Waals surface area contributed by atoms with E-state index in [0.29, 0.717) is 17.5 Å². The molecule has 0 radical (unpaired) electrons. The number of carboxylic acid groups (broad SMARTS) is 1. The molecular weight excluding hydrogens is 300 g/mol. The predicted molar refractivity (Wildman–Crippen MR) is 89.9 cm³/mol. The molecule has 1 rings (SSSR count). The Hall–Kier alpha value is -0.550. The smallest absolute Gasteiger partial charge is 0.343 e. The van der Waals surface area contributed by atoms with E-state index in [9.17, 15) is 14.7 Å². The Morgan fingerprint density at radius 1 is 1.23 bits per heavy atom. The van der Waals surface area contributed by atoms with Crippen molar-refractivity contribution in [2.24, 2.45) is 11.8 Å². The first-order valence-electron chi connectivity index (χ1n) is 8.61. The lowest BCUT2D eigenvalue weighted by Crippen LogP contribution is -2.16. The van der Waals surface area contributed by atoms with Crippen molar-refractivity contribution in [2.75, 3.05) is 5.75 Å². The molecule has 1 aliphatic rings. The van der Waals surface area contributed by atoms with Gasteiger partial charge in [-0.05, 0) is 37.4 Å². The van der Waals surface area contributed by atoms with Crippen LogP contribution in [0.4, 0.5) is 0 Å². The number of carbonyl (C=O) groups excluding carboxylic acids is 1. The molecule has 0 spiro atoms. The fourth-order valence-electron chi connectivity index (χ4n) is 3.29. The Morgan fingerprint density at radius 2 is 1.95 bits per heavy atom. The van der Waals surface area contributed by atoms with Crippen LogP contribution in [0.1, 0.15) is 71.1 Å². The Kier molecular flexibility index (Phi) is 9.80. The molecule has 0 saturated heterocycles. The molecule has 2 N–H and O–H groups in total. The van der Waals surface area contributed by atoms with Gasteiger partial charge in [-0.1, -0.05) is 39.0 Å². The van der Waals surface area contributed by atoms with Crippen LogP contribution in [-0.2, 0) is 9.59 Å². The average Bonchev–Trinajstić information content (AvgIpc) is 2.83. The van der Waals surface area contributed by atoms with Crippen LogP contribution in [-0.4, -0.2) is 33.2 Å². The van der Waals surface area contributed by atoms with Gasteiger partial charge in [-0.3, -0.25) is 4.79 Å². The minimum absolute atomic E-state index is 0.232. The van der Waals surface area contributed by atoms with Crippen LogP contribution < -0.4 is 0 Å². The van der Waals surface area contributed by atoms with Crippen LogP contribution >= 0.6 is 11.8 Å². The highest BCUT2D eigenvalue weighted by atomic mass is 32.2. The molecule has 5 heteroatoms. The van der Waals surface area contributed by atoms with E-state index < -0.39 is 11.4 Å². The largest absolute Gasteiger partial charge is 0.479 e. The SMILES string of the molecule is CCCCCC[C@H]1CCC(=O)[C@@H]1CCCCSC(O)C(=O)O. The van der Waals surface area contributed by atoms with Crippen molar-refractivity contribution < 1.29 is 19.8 Å². The third-order valence-electron chi connectivity index (χ3n) is 4.57. The summed E-state index contributed by atoms with van der Waals surface area (Å²) in [5.74, 6) is 0.690. The van der Waals surface area contributed by atoms with E-state index in [-0.39, 0.29) is 5.92 Å². The van der Waals surface area contributed by atoms with Crippen LogP contribution in [0.3, 0.4) is 0 Å². The molecule has 3 atom stereocenters. The van der Waals surface area contributed by atoms with Crippen molar-refractivity contribution in [3.63, 3.8) is 0 Å². The third kappa shape index (κ3) is 7.14. The van der Waals surface area contributed by atoms with Gasteiger partial charge in [0.2, 0.25) is 0 Å². The van der Waals surface area contributed by atoms with Crippen LogP contribution in [0.15, 0.2) is 0 Å². The summed E-state index contributed by atoms with van der Waals surface area (Å²) in [5.41, 5.74) is -1.32. The van der Waals surface area contributed by atoms with Gasteiger partial charge in [-0.15, -0.1) is 11.8 Å². The summed E-state index contributed by atoms with van der Waals surface area (Å²) in [5, 5.41) is 17.8. The lowest BCUT2D eigenvalue weighted by atomic mass is 9.86. The van der Waals surface area contributed by atoms with Gasteiger partial charge >= 0.3 is 5.97 Å². The zero-order chi connectivity index (χ0) is 16.4. The standard InChI is InChI=1S/C17H30O4S/c1-2-3-4-5-8-13-10-11-15(18)14(13)9-6-7-12-22-17(21)16(19)20/h13-14,17,21H,2-12H2,1H3,(H,19,20)/t13-,14+,17?/m0/s1. The molecular formula is C17H30O4S. The van der Waals surface area contributed by atoms with E-state index in [1.54, 1.807) is 0 Å². The van der Waals surface area contributed by atoms with Gasteiger partial charge in [-0.2, -0.15) is 0 Å². The van der Waals surface area contributed by atoms with E-state index in [0.717, 1.165) is 43.9 Å². The van der Waals surface area contributed by atoms with Crippen molar-refractivity contribution >= 4 is 23.5 Å². The summed E-state index contributed by atoms with van der Waals surface area (Å²) in [6.07, 6.45) is 10.8. The van der Waals surface area contributed by atoms with Gasteiger partial charge in [-0.25, -0.2) is 4.79 Å². The fraction of sp³-hybridized carbons (Fsp3) is 0.882. The Morgan fingerprint density at radius 3 is 2.64 bits per heavy atom. The number of hydrogen-bond donors (Lipinski definition) is 2. The van der Waals surface area contributed by atoms with Crippen molar-refractivity contribution in [1.82, 2.24) is 0 Å². The number of rotatable bonds is 12. The van der Waals surface area contributed by atoms with E-state index in [4.69, 9.17) is 5.11 Å². The third-order valence-corrected chi connectivity index (χ3v) is 5.61. The van der Waals surface area contributed by atoms with Crippen molar-refractivity contribution in [3.8, 4) is 0 Å². The Labute approximate surface area is 138 Å². The summed E-state index contributed by atoms with van der Waals surface area (Å²) in [6, 6.07) is 0. The quantitative estimate of drug-likeness (QED) is 0.420. The number of thioether (sulfide) groups is 1. The molecule has 22 heavy (non-hydrogen) atoms. The highest BCUT2D eigenvalue weighted by molar-refractivity contribution is 8.00. The zero-order valence-corrected chi connectivity index (χ0v) is 14.4. The number of Topliss-reactive ketones (excluding diaryl/α,β-unsaturated/α-hetero) is 1. The second kappa shape index (κ2) is 11.1. The average molecular weight is 330 g/mol. The fourth-order valence-corrected chi connectivity index (χ4v) is 4.02. The van der Waals surface area contributed by atoms with Crippen LogP contribution in [0.2, 0.25) is 0 Å². The van der Waals surface area contributed by atoms with Gasteiger partial charge in [0.1, 0.15) is 5.78 Å². The highest BCUT2D eigenvalue weighted by Crippen LogP contribution is 2.36. The molecule has 0 aromatic rings. The molecule has 1 fully saturated rings. The van der Waals surface area contributed by atoms with E-state index in [2.05, 4.69) is 6.92 Å².